The molecule has 0 spiro atoms. The predicted molar refractivity (Wildman–Crippen MR) is 56.1 cm³/mol. The highest BCUT2D eigenvalue weighted by molar-refractivity contribution is 5.70. The summed E-state index contributed by atoms with van der Waals surface area (Å²) in [7, 11) is 0. The number of carboxylic acids is 1. The molecule has 3 N–H and O–H groups in total. The first kappa shape index (κ1) is 9.40. The van der Waals surface area contributed by atoms with E-state index in [-0.39, 0.29) is 11.8 Å². The summed E-state index contributed by atoms with van der Waals surface area (Å²) < 4.78 is 0. The molecule has 0 aromatic carbocycles. The Kier molecular flexibility index (Phi) is 1.54. The van der Waals surface area contributed by atoms with Crippen LogP contribution in [0.4, 0.5) is 0 Å². The largest absolute Gasteiger partial charge is 0.481 e. The SMILES string of the molecule is C[C@@]12C3=CCC[C@@H]1[C@](CN)(CC(=O)O)[C@H]32. The molecule has 15 heavy (non-hydrogen) atoms. The van der Waals surface area contributed by atoms with Crippen molar-refractivity contribution in [1.82, 2.24) is 0 Å². The highest BCUT2D eigenvalue weighted by atomic mass is 16.4. The Labute approximate surface area is 89.3 Å². The first-order chi connectivity index (χ1) is 7.07. The number of carboxylic acid groups (broad SMARTS) is 1. The summed E-state index contributed by atoms with van der Waals surface area (Å²) in [6.45, 7) is 2.81. The molecule has 0 unspecified atom stereocenters. The van der Waals surface area contributed by atoms with Gasteiger partial charge in [0.25, 0.3) is 0 Å². The van der Waals surface area contributed by atoms with Gasteiger partial charge < -0.3 is 10.8 Å². The lowest BCUT2D eigenvalue weighted by Gasteiger charge is -2.52. The summed E-state index contributed by atoms with van der Waals surface area (Å²) >= 11 is 0. The van der Waals surface area contributed by atoms with Gasteiger partial charge in [0.2, 0.25) is 0 Å². The van der Waals surface area contributed by atoms with Crippen molar-refractivity contribution in [3.63, 3.8) is 0 Å². The van der Waals surface area contributed by atoms with Crippen LogP contribution in [-0.2, 0) is 4.79 Å². The third kappa shape index (κ3) is 0.805. The molecular weight excluding hydrogens is 190 g/mol. The van der Waals surface area contributed by atoms with Crippen LogP contribution in [0.15, 0.2) is 11.6 Å². The highest BCUT2D eigenvalue weighted by Crippen LogP contribution is 2.85. The lowest BCUT2D eigenvalue weighted by atomic mass is 9.51. The average Bonchev–Trinajstić information content (AvgIpc) is 2.81. The van der Waals surface area contributed by atoms with Gasteiger partial charge in [0.05, 0.1) is 6.42 Å². The van der Waals surface area contributed by atoms with E-state index in [0.29, 0.717) is 23.8 Å². The minimum absolute atomic E-state index is 0.108. The summed E-state index contributed by atoms with van der Waals surface area (Å²) in [6.07, 6.45) is 4.82. The van der Waals surface area contributed by atoms with E-state index in [1.54, 1.807) is 0 Å². The Morgan fingerprint density at radius 2 is 2.47 bits per heavy atom. The van der Waals surface area contributed by atoms with Crippen LogP contribution in [0.2, 0.25) is 0 Å². The van der Waals surface area contributed by atoms with Crippen molar-refractivity contribution >= 4 is 5.97 Å². The Balaban J connectivity index is 1.96. The molecule has 0 radical (unpaired) electrons. The van der Waals surface area contributed by atoms with Crippen LogP contribution in [0.25, 0.3) is 0 Å². The second kappa shape index (κ2) is 2.46. The Morgan fingerprint density at radius 3 is 3.00 bits per heavy atom. The Hall–Kier alpha value is -0.830. The van der Waals surface area contributed by atoms with Gasteiger partial charge in [-0.05, 0) is 36.6 Å². The topological polar surface area (TPSA) is 63.3 Å². The van der Waals surface area contributed by atoms with E-state index < -0.39 is 5.97 Å². The minimum atomic E-state index is -0.694. The van der Waals surface area contributed by atoms with Crippen LogP contribution < -0.4 is 5.73 Å². The molecule has 82 valence electrons. The number of aliphatic carboxylic acids is 1. The molecular formula is C12H17NO2. The molecule has 3 rings (SSSR count). The fourth-order valence-corrected chi connectivity index (χ4v) is 4.67. The number of allylic oxidation sites excluding steroid dienone is 2. The molecule has 3 aliphatic carbocycles. The van der Waals surface area contributed by atoms with Gasteiger partial charge >= 0.3 is 5.97 Å². The van der Waals surface area contributed by atoms with Gasteiger partial charge in [-0.1, -0.05) is 18.6 Å². The molecule has 0 aromatic rings. The summed E-state index contributed by atoms with van der Waals surface area (Å²) in [5, 5.41) is 9.01. The van der Waals surface area contributed by atoms with Crippen LogP contribution in [0, 0.1) is 22.7 Å². The molecule has 0 heterocycles. The van der Waals surface area contributed by atoms with Gasteiger partial charge in [-0.25, -0.2) is 0 Å². The minimum Gasteiger partial charge on any atom is -0.481 e. The molecule has 0 aromatic heterocycles. The first-order valence-corrected chi connectivity index (χ1v) is 5.70. The summed E-state index contributed by atoms with van der Waals surface area (Å²) in [4.78, 5) is 10.9. The zero-order chi connectivity index (χ0) is 10.8. The Bertz CT molecular complexity index is 376. The van der Waals surface area contributed by atoms with Gasteiger partial charge in [0.15, 0.2) is 0 Å². The summed E-state index contributed by atoms with van der Waals surface area (Å²) in [5.74, 6) is 0.315. The van der Waals surface area contributed by atoms with E-state index in [9.17, 15) is 4.79 Å². The summed E-state index contributed by atoms with van der Waals surface area (Å²) in [6, 6.07) is 0. The number of hydrogen-bond acceptors (Lipinski definition) is 2. The smallest absolute Gasteiger partial charge is 0.303 e. The van der Waals surface area contributed by atoms with Crippen molar-refractivity contribution in [2.45, 2.75) is 26.2 Å². The third-order valence-corrected chi connectivity index (χ3v) is 5.12. The van der Waals surface area contributed by atoms with Crippen molar-refractivity contribution in [3.05, 3.63) is 11.6 Å². The van der Waals surface area contributed by atoms with Crippen LogP contribution in [0.1, 0.15) is 26.2 Å². The quantitative estimate of drug-likeness (QED) is 0.687. The first-order valence-electron chi connectivity index (χ1n) is 5.70. The Morgan fingerprint density at radius 1 is 1.73 bits per heavy atom. The molecule has 3 heteroatoms. The zero-order valence-electron chi connectivity index (χ0n) is 8.99. The molecule has 2 fully saturated rings. The maximum Gasteiger partial charge on any atom is 0.303 e. The fraction of sp³-hybridized carbons (Fsp3) is 0.750. The third-order valence-electron chi connectivity index (χ3n) is 5.12. The molecule has 3 nitrogen and oxygen atoms in total. The van der Waals surface area contributed by atoms with E-state index in [0.717, 1.165) is 12.8 Å². The van der Waals surface area contributed by atoms with E-state index >= 15 is 0 Å². The fourth-order valence-electron chi connectivity index (χ4n) is 4.67. The van der Waals surface area contributed by atoms with E-state index in [1.807, 2.05) is 0 Å². The normalized spacial score (nSPS) is 50.1. The lowest BCUT2D eigenvalue weighted by Crippen LogP contribution is -2.54. The van der Waals surface area contributed by atoms with Crippen molar-refractivity contribution in [2.75, 3.05) is 6.54 Å². The van der Waals surface area contributed by atoms with Gasteiger partial charge in [-0.15, -0.1) is 0 Å². The second-order valence-electron chi connectivity index (χ2n) is 5.51. The van der Waals surface area contributed by atoms with Crippen molar-refractivity contribution in [2.24, 2.45) is 28.4 Å². The van der Waals surface area contributed by atoms with Gasteiger partial charge in [-0.3, -0.25) is 4.79 Å². The van der Waals surface area contributed by atoms with Crippen LogP contribution in [-0.4, -0.2) is 17.6 Å². The maximum absolute atomic E-state index is 10.9. The summed E-state index contributed by atoms with van der Waals surface area (Å²) in [5.41, 5.74) is 7.60. The second-order valence-corrected chi connectivity index (χ2v) is 5.51. The monoisotopic (exact) mass is 207 g/mol. The maximum atomic E-state index is 10.9. The number of hydrogen-bond donors (Lipinski definition) is 2. The molecule has 4 atom stereocenters. The average molecular weight is 207 g/mol. The number of rotatable bonds is 3. The molecule has 0 saturated heterocycles. The van der Waals surface area contributed by atoms with E-state index in [4.69, 9.17) is 10.8 Å². The van der Waals surface area contributed by atoms with Gasteiger partial charge in [-0.2, -0.15) is 0 Å². The standard InChI is InChI=1S/C12H17NO2/c1-11-7-3-2-4-8(11)12(6-13,10(7)11)5-9(14)15/h3,8,10H,2,4-6,13H2,1H3,(H,14,15)/t8-,10+,11+,12+/m0/s1. The van der Waals surface area contributed by atoms with Crippen molar-refractivity contribution in [1.29, 1.82) is 0 Å². The van der Waals surface area contributed by atoms with Crippen molar-refractivity contribution < 1.29 is 9.90 Å². The van der Waals surface area contributed by atoms with E-state index in [1.165, 1.54) is 5.57 Å². The van der Waals surface area contributed by atoms with Gasteiger partial charge in [0, 0.05) is 5.41 Å². The molecule has 0 bridgehead atoms. The van der Waals surface area contributed by atoms with Crippen LogP contribution in [0.5, 0.6) is 0 Å². The van der Waals surface area contributed by atoms with Gasteiger partial charge in [0.1, 0.15) is 0 Å². The molecule has 0 amide bonds. The number of fused-ring (bicyclic) bond motifs is 1. The highest BCUT2D eigenvalue weighted by Gasteiger charge is 2.81. The number of nitrogens with two attached hydrogens (primary N) is 1. The number of carbonyl (C=O) groups is 1. The lowest BCUT2D eigenvalue weighted by molar-refractivity contribution is -0.147. The van der Waals surface area contributed by atoms with Crippen molar-refractivity contribution in [3.8, 4) is 0 Å². The molecule has 3 aliphatic rings. The van der Waals surface area contributed by atoms with E-state index in [2.05, 4.69) is 13.0 Å². The zero-order valence-corrected chi connectivity index (χ0v) is 8.99. The molecule has 2 saturated carbocycles. The van der Waals surface area contributed by atoms with Crippen LogP contribution >= 0.6 is 0 Å². The van der Waals surface area contributed by atoms with Crippen LogP contribution in [0.3, 0.4) is 0 Å². The predicted octanol–water partition coefficient (Wildman–Crippen LogP) is 1.39. The molecule has 0 aliphatic heterocycles.